The van der Waals surface area contributed by atoms with Crippen LogP contribution in [0.3, 0.4) is 0 Å². The van der Waals surface area contributed by atoms with Crippen LogP contribution in [0.4, 0.5) is 0 Å². The predicted octanol–water partition coefficient (Wildman–Crippen LogP) is 5.23. The summed E-state index contributed by atoms with van der Waals surface area (Å²) in [7, 11) is 0. The summed E-state index contributed by atoms with van der Waals surface area (Å²) < 4.78 is 2.28. The van der Waals surface area contributed by atoms with E-state index in [1.165, 1.54) is 5.56 Å². The maximum atomic E-state index is 4.81. The van der Waals surface area contributed by atoms with Gasteiger partial charge in [0.15, 0.2) is 5.16 Å². The standard InChI is InChI=1S/C23H18N2S/c1-3-10-19(11-4-1)14-9-17-26-23-24-21-15-7-8-16-22(21)25(23)18-20-12-5-2-6-13-20/h1-8,10-13,15-16H,17-18H2. The van der Waals surface area contributed by atoms with Crippen LogP contribution in [0.25, 0.3) is 11.0 Å². The third kappa shape index (κ3) is 3.82. The van der Waals surface area contributed by atoms with Gasteiger partial charge in [0.1, 0.15) is 0 Å². The molecular weight excluding hydrogens is 336 g/mol. The summed E-state index contributed by atoms with van der Waals surface area (Å²) >= 11 is 1.69. The average Bonchev–Trinajstić information content (AvgIpc) is 3.04. The molecule has 3 aromatic carbocycles. The van der Waals surface area contributed by atoms with Gasteiger partial charge < -0.3 is 4.57 Å². The van der Waals surface area contributed by atoms with Crippen molar-refractivity contribution in [2.45, 2.75) is 11.7 Å². The van der Waals surface area contributed by atoms with E-state index in [9.17, 15) is 0 Å². The molecule has 0 aliphatic carbocycles. The van der Waals surface area contributed by atoms with E-state index in [0.29, 0.717) is 5.75 Å². The van der Waals surface area contributed by atoms with Crippen molar-refractivity contribution in [2.24, 2.45) is 0 Å². The molecule has 1 aromatic heterocycles. The van der Waals surface area contributed by atoms with Crippen molar-refractivity contribution in [1.82, 2.24) is 9.55 Å². The van der Waals surface area contributed by atoms with Gasteiger partial charge in [-0.1, -0.05) is 84.3 Å². The molecule has 0 aliphatic heterocycles. The van der Waals surface area contributed by atoms with Crippen LogP contribution in [-0.2, 0) is 6.54 Å². The lowest BCUT2D eigenvalue weighted by molar-refractivity contribution is 0.732. The first-order chi connectivity index (χ1) is 12.9. The molecule has 126 valence electrons. The summed E-state index contributed by atoms with van der Waals surface area (Å²) in [4.78, 5) is 4.81. The Kier molecular flexibility index (Phi) is 5.04. The molecule has 1 heterocycles. The van der Waals surface area contributed by atoms with E-state index >= 15 is 0 Å². The fourth-order valence-electron chi connectivity index (χ4n) is 2.84. The summed E-state index contributed by atoms with van der Waals surface area (Å²) in [6, 6.07) is 28.9. The number of thioether (sulfide) groups is 1. The van der Waals surface area contributed by atoms with Gasteiger partial charge in [0, 0.05) is 5.56 Å². The summed E-state index contributed by atoms with van der Waals surface area (Å²) in [6.45, 7) is 0.815. The minimum Gasteiger partial charge on any atom is -0.314 e. The van der Waals surface area contributed by atoms with E-state index in [1.807, 2.05) is 42.5 Å². The minimum absolute atomic E-state index is 0.715. The van der Waals surface area contributed by atoms with Gasteiger partial charge in [0.2, 0.25) is 0 Å². The molecule has 0 aliphatic rings. The molecule has 0 saturated heterocycles. The first kappa shape index (κ1) is 16.5. The van der Waals surface area contributed by atoms with Crippen LogP contribution in [0.1, 0.15) is 11.1 Å². The molecule has 0 amide bonds. The van der Waals surface area contributed by atoms with Crippen molar-refractivity contribution in [3.8, 4) is 11.8 Å². The van der Waals surface area contributed by atoms with E-state index < -0.39 is 0 Å². The average molecular weight is 354 g/mol. The Hall–Kier alpha value is -2.96. The number of nitrogens with zero attached hydrogens (tertiary/aromatic N) is 2. The molecule has 0 unspecified atom stereocenters. The highest BCUT2D eigenvalue weighted by atomic mass is 32.2. The van der Waals surface area contributed by atoms with Crippen LogP contribution in [0.15, 0.2) is 90.1 Å². The molecule has 0 bridgehead atoms. The van der Waals surface area contributed by atoms with Crippen molar-refractivity contribution in [3.05, 3.63) is 96.1 Å². The van der Waals surface area contributed by atoms with Crippen LogP contribution in [0.5, 0.6) is 0 Å². The maximum Gasteiger partial charge on any atom is 0.170 e. The highest BCUT2D eigenvalue weighted by molar-refractivity contribution is 7.99. The molecule has 3 heteroatoms. The Balaban J connectivity index is 1.58. The Bertz CT molecular complexity index is 1060. The number of imidazole rings is 1. The highest BCUT2D eigenvalue weighted by Crippen LogP contribution is 2.25. The zero-order valence-corrected chi connectivity index (χ0v) is 15.1. The van der Waals surface area contributed by atoms with Crippen LogP contribution in [-0.4, -0.2) is 15.3 Å². The monoisotopic (exact) mass is 354 g/mol. The van der Waals surface area contributed by atoms with E-state index in [4.69, 9.17) is 4.98 Å². The number of aromatic nitrogens is 2. The Morgan fingerprint density at radius 3 is 2.31 bits per heavy atom. The van der Waals surface area contributed by atoms with Crippen molar-refractivity contribution in [2.75, 3.05) is 5.75 Å². The van der Waals surface area contributed by atoms with Crippen molar-refractivity contribution in [3.63, 3.8) is 0 Å². The van der Waals surface area contributed by atoms with Crippen LogP contribution in [0.2, 0.25) is 0 Å². The molecule has 4 rings (SSSR count). The number of benzene rings is 3. The third-order valence-corrected chi connectivity index (χ3v) is 4.94. The van der Waals surface area contributed by atoms with Gasteiger partial charge in [-0.3, -0.25) is 0 Å². The smallest absolute Gasteiger partial charge is 0.170 e. The quantitative estimate of drug-likeness (QED) is 0.369. The second kappa shape index (κ2) is 7.95. The number of fused-ring (bicyclic) bond motifs is 1. The number of rotatable bonds is 4. The largest absolute Gasteiger partial charge is 0.314 e. The van der Waals surface area contributed by atoms with Crippen LogP contribution >= 0.6 is 11.8 Å². The van der Waals surface area contributed by atoms with Crippen LogP contribution < -0.4 is 0 Å². The highest BCUT2D eigenvalue weighted by Gasteiger charge is 2.10. The SMILES string of the molecule is C(#Cc1ccccc1)CSc1nc2ccccc2n1Cc1ccccc1. The van der Waals surface area contributed by atoms with Gasteiger partial charge in [-0.2, -0.15) is 0 Å². The molecule has 0 fully saturated rings. The molecule has 0 atom stereocenters. The fraction of sp³-hybridized carbons (Fsp3) is 0.0870. The molecule has 26 heavy (non-hydrogen) atoms. The number of hydrogen-bond donors (Lipinski definition) is 0. The molecule has 0 saturated carbocycles. The molecule has 2 nitrogen and oxygen atoms in total. The molecule has 4 aromatic rings. The summed E-state index contributed by atoms with van der Waals surface area (Å²) in [6.07, 6.45) is 0. The van der Waals surface area contributed by atoms with Gasteiger partial charge in [-0.15, -0.1) is 0 Å². The first-order valence-corrected chi connectivity index (χ1v) is 9.54. The topological polar surface area (TPSA) is 17.8 Å². The Labute approximate surface area is 157 Å². The van der Waals surface area contributed by atoms with Crippen molar-refractivity contribution < 1.29 is 0 Å². The molecule has 0 N–H and O–H groups in total. The lowest BCUT2D eigenvalue weighted by Crippen LogP contribution is -2.01. The van der Waals surface area contributed by atoms with Crippen molar-refractivity contribution in [1.29, 1.82) is 0 Å². The predicted molar refractivity (Wildman–Crippen MR) is 109 cm³/mol. The Morgan fingerprint density at radius 1 is 0.808 bits per heavy atom. The van der Waals surface area contributed by atoms with Crippen molar-refractivity contribution >= 4 is 22.8 Å². The number of hydrogen-bond acceptors (Lipinski definition) is 2. The van der Waals surface area contributed by atoms with E-state index in [-0.39, 0.29) is 0 Å². The number of para-hydroxylation sites is 2. The van der Waals surface area contributed by atoms with Gasteiger partial charge in [-0.25, -0.2) is 4.98 Å². The van der Waals surface area contributed by atoms with Crippen LogP contribution in [0, 0.1) is 11.8 Å². The summed E-state index contributed by atoms with van der Waals surface area (Å²) in [5, 5.41) is 1.01. The minimum atomic E-state index is 0.715. The molecule has 0 spiro atoms. The van der Waals surface area contributed by atoms with Gasteiger partial charge in [0.25, 0.3) is 0 Å². The second-order valence-corrected chi connectivity index (χ2v) is 6.85. The lowest BCUT2D eigenvalue weighted by Gasteiger charge is -2.08. The molecular formula is C23H18N2S. The maximum absolute atomic E-state index is 4.81. The van der Waals surface area contributed by atoms with E-state index in [2.05, 4.69) is 58.9 Å². The fourth-order valence-corrected chi connectivity index (χ4v) is 3.60. The zero-order valence-electron chi connectivity index (χ0n) is 14.3. The van der Waals surface area contributed by atoms with E-state index in [1.54, 1.807) is 11.8 Å². The van der Waals surface area contributed by atoms with E-state index in [0.717, 1.165) is 28.3 Å². The van der Waals surface area contributed by atoms with Gasteiger partial charge in [-0.05, 0) is 29.8 Å². The van der Waals surface area contributed by atoms with Gasteiger partial charge >= 0.3 is 0 Å². The third-order valence-electron chi connectivity index (χ3n) is 4.08. The molecule has 0 radical (unpaired) electrons. The first-order valence-electron chi connectivity index (χ1n) is 8.56. The van der Waals surface area contributed by atoms with Gasteiger partial charge in [0.05, 0.1) is 23.3 Å². The zero-order chi connectivity index (χ0) is 17.6. The lowest BCUT2D eigenvalue weighted by atomic mass is 10.2. The summed E-state index contributed by atoms with van der Waals surface area (Å²) in [5.41, 5.74) is 4.51. The second-order valence-electron chi connectivity index (χ2n) is 5.91. The Morgan fingerprint density at radius 2 is 1.50 bits per heavy atom. The normalized spacial score (nSPS) is 10.5. The summed E-state index contributed by atoms with van der Waals surface area (Å²) in [5.74, 6) is 7.17.